The smallest absolute Gasteiger partial charge is 0.261 e. The standard InChI is InChI=1S/C26H24N4O2/c1-18-7-6-10-21(15-18)25(31)29-23(20-11-13-22(32-2)14-12-20)16-24(19-8-4-3-5-9-19)30-26(29)27-17-28-30/h3-15,17,23-24H,16H2,1-2H3/t23-,24-/m0/s1. The zero-order valence-corrected chi connectivity index (χ0v) is 18.1. The Hall–Kier alpha value is -3.93. The monoisotopic (exact) mass is 424 g/mol. The second kappa shape index (κ2) is 8.30. The summed E-state index contributed by atoms with van der Waals surface area (Å²) in [5.74, 6) is 1.25. The fourth-order valence-corrected chi connectivity index (χ4v) is 4.41. The summed E-state index contributed by atoms with van der Waals surface area (Å²) < 4.78 is 7.20. The summed E-state index contributed by atoms with van der Waals surface area (Å²) in [4.78, 5) is 20.1. The van der Waals surface area contributed by atoms with Crippen molar-refractivity contribution in [3.63, 3.8) is 0 Å². The largest absolute Gasteiger partial charge is 0.497 e. The summed E-state index contributed by atoms with van der Waals surface area (Å²) in [5.41, 5.74) is 3.84. The number of aryl methyl sites for hydroxylation is 1. The van der Waals surface area contributed by atoms with Crippen LogP contribution in [0, 0.1) is 6.92 Å². The Labute approximate surface area is 187 Å². The molecule has 0 fully saturated rings. The van der Waals surface area contributed by atoms with Crippen molar-refractivity contribution in [2.45, 2.75) is 25.4 Å². The maximum Gasteiger partial charge on any atom is 0.261 e. The SMILES string of the molecule is COc1ccc([C@@H]2C[C@@H](c3ccccc3)n3ncnc3N2C(=O)c2cccc(C)c2)cc1. The molecule has 0 unspecified atom stereocenters. The van der Waals surface area contributed by atoms with Crippen LogP contribution in [0.15, 0.2) is 85.2 Å². The minimum atomic E-state index is -0.198. The molecule has 0 aliphatic carbocycles. The zero-order chi connectivity index (χ0) is 22.1. The van der Waals surface area contributed by atoms with E-state index >= 15 is 0 Å². The normalized spacial score (nSPS) is 17.6. The predicted molar refractivity (Wildman–Crippen MR) is 123 cm³/mol. The van der Waals surface area contributed by atoms with E-state index in [9.17, 15) is 4.79 Å². The molecular weight excluding hydrogens is 400 g/mol. The second-order valence-corrected chi connectivity index (χ2v) is 8.00. The minimum absolute atomic E-state index is 0.0256. The lowest BCUT2D eigenvalue weighted by Gasteiger charge is -2.39. The van der Waals surface area contributed by atoms with Gasteiger partial charge >= 0.3 is 0 Å². The molecule has 6 nitrogen and oxygen atoms in total. The molecule has 160 valence electrons. The van der Waals surface area contributed by atoms with Crippen LogP contribution in [0.4, 0.5) is 5.95 Å². The van der Waals surface area contributed by atoms with E-state index in [4.69, 9.17) is 4.74 Å². The van der Waals surface area contributed by atoms with Crippen molar-refractivity contribution in [2.75, 3.05) is 12.0 Å². The summed E-state index contributed by atoms with van der Waals surface area (Å²) in [5, 5.41) is 4.51. The number of benzene rings is 3. The van der Waals surface area contributed by atoms with Crippen LogP contribution in [0.3, 0.4) is 0 Å². The molecule has 1 amide bonds. The molecule has 1 aromatic heterocycles. The van der Waals surface area contributed by atoms with Crippen LogP contribution >= 0.6 is 0 Å². The molecular formula is C26H24N4O2. The van der Waals surface area contributed by atoms with Gasteiger partial charge in [-0.2, -0.15) is 10.1 Å². The number of anilines is 1. The highest BCUT2D eigenvalue weighted by Crippen LogP contribution is 2.42. The maximum absolute atomic E-state index is 13.8. The number of aromatic nitrogens is 3. The lowest BCUT2D eigenvalue weighted by molar-refractivity contribution is 0.0963. The van der Waals surface area contributed by atoms with E-state index in [-0.39, 0.29) is 18.0 Å². The molecule has 0 bridgehead atoms. The van der Waals surface area contributed by atoms with Gasteiger partial charge in [0.2, 0.25) is 5.95 Å². The van der Waals surface area contributed by atoms with E-state index in [0.717, 1.165) is 22.4 Å². The molecule has 3 aromatic carbocycles. The molecule has 32 heavy (non-hydrogen) atoms. The molecule has 2 atom stereocenters. The van der Waals surface area contributed by atoms with Crippen molar-refractivity contribution in [2.24, 2.45) is 0 Å². The molecule has 2 heterocycles. The Morgan fingerprint density at radius 3 is 2.41 bits per heavy atom. The third kappa shape index (κ3) is 3.54. The van der Waals surface area contributed by atoms with E-state index in [1.165, 1.54) is 6.33 Å². The quantitative estimate of drug-likeness (QED) is 0.464. The number of hydrogen-bond donors (Lipinski definition) is 0. The van der Waals surface area contributed by atoms with Crippen LogP contribution in [0.5, 0.6) is 5.75 Å². The molecule has 1 aliphatic heterocycles. The number of carbonyl (C=O) groups is 1. The third-order valence-corrected chi connectivity index (χ3v) is 5.99. The molecule has 0 saturated heterocycles. The van der Waals surface area contributed by atoms with Gasteiger partial charge in [0.1, 0.15) is 12.1 Å². The second-order valence-electron chi connectivity index (χ2n) is 8.00. The van der Waals surface area contributed by atoms with Crippen molar-refractivity contribution >= 4 is 11.9 Å². The molecule has 0 saturated carbocycles. The van der Waals surface area contributed by atoms with E-state index < -0.39 is 0 Å². The fourth-order valence-electron chi connectivity index (χ4n) is 4.41. The minimum Gasteiger partial charge on any atom is -0.497 e. The first-order chi connectivity index (χ1) is 15.7. The highest BCUT2D eigenvalue weighted by Gasteiger charge is 2.39. The van der Waals surface area contributed by atoms with Crippen molar-refractivity contribution in [1.29, 1.82) is 0 Å². The van der Waals surface area contributed by atoms with E-state index in [1.54, 1.807) is 12.0 Å². The van der Waals surface area contributed by atoms with E-state index in [0.29, 0.717) is 17.9 Å². The molecule has 5 rings (SSSR count). The molecule has 4 aromatic rings. The Balaban J connectivity index is 1.64. The van der Waals surface area contributed by atoms with Crippen LogP contribution in [0.2, 0.25) is 0 Å². The number of hydrogen-bond acceptors (Lipinski definition) is 4. The Morgan fingerprint density at radius 1 is 0.938 bits per heavy atom. The summed E-state index contributed by atoms with van der Waals surface area (Å²) >= 11 is 0. The molecule has 0 spiro atoms. The van der Waals surface area contributed by atoms with Gasteiger partial charge in [-0.3, -0.25) is 9.69 Å². The molecule has 6 heteroatoms. The van der Waals surface area contributed by atoms with Gasteiger partial charge in [0.15, 0.2) is 0 Å². The summed E-state index contributed by atoms with van der Waals surface area (Å²) in [6, 6.07) is 25.6. The zero-order valence-electron chi connectivity index (χ0n) is 18.1. The highest BCUT2D eigenvalue weighted by molar-refractivity contribution is 6.06. The number of fused-ring (bicyclic) bond motifs is 1. The van der Waals surface area contributed by atoms with Gasteiger partial charge < -0.3 is 4.74 Å². The van der Waals surface area contributed by atoms with E-state index in [1.807, 2.05) is 78.3 Å². The number of methoxy groups -OCH3 is 1. The van der Waals surface area contributed by atoms with Crippen molar-refractivity contribution in [3.8, 4) is 5.75 Å². The topological polar surface area (TPSA) is 60.2 Å². The van der Waals surface area contributed by atoms with Gasteiger partial charge in [-0.15, -0.1) is 0 Å². The van der Waals surface area contributed by atoms with Gasteiger partial charge in [-0.05, 0) is 48.7 Å². The number of rotatable bonds is 4. The molecule has 0 radical (unpaired) electrons. The van der Waals surface area contributed by atoms with Crippen LogP contribution in [0.1, 0.15) is 45.6 Å². The van der Waals surface area contributed by atoms with E-state index in [2.05, 4.69) is 22.2 Å². The highest BCUT2D eigenvalue weighted by atomic mass is 16.5. The fraction of sp³-hybridized carbons (Fsp3) is 0.192. The van der Waals surface area contributed by atoms with Gasteiger partial charge in [-0.1, -0.05) is 60.2 Å². The average molecular weight is 425 g/mol. The molecule has 0 N–H and O–H groups in total. The Bertz CT molecular complexity index is 1230. The summed E-state index contributed by atoms with van der Waals surface area (Å²) in [6.07, 6.45) is 2.21. The van der Waals surface area contributed by atoms with Crippen LogP contribution in [0.25, 0.3) is 0 Å². The lowest BCUT2D eigenvalue weighted by atomic mass is 9.91. The Morgan fingerprint density at radius 2 is 1.69 bits per heavy atom. The molecule has 1 aliphatic rings. The van der Waals surface area contributed by atoms with Crippen LogP contribution < -0.4 is 9.64 Å². The first-order valence-corrected chi connectivity index (χ1v) is 10.6. The lowest BCUT2D eigenvalue weighted by Crippen LogP contribution is -2.42. The van der Waals surface area contributed by atoms with Gasteiger partial charge in [0, 0.05) is 5.56 Å². The van der Waals surface area contributed by atoms with Crippen LogP contribution in [-0.4, -0.2) is 27.8 Å². The Kier molecular flexibility index (Phi) is 5.19. The van der Waals surface area contributed by atoms with Crippen molar-refractivity contribution in [1.82, 2.24) is 14.8 Å². The first-order valence-electron chi connectivity index (χ1n) is 10.6. The third-order valence-electron chi connectivity index (χ3n) is 5.99. The number of nitrogens with zero attached hydrogens (tertiary/aromatic N) is 4. The van der Waals surface area contributed by atoms with Gasteiger partial charge in [0.25, 0.3) is 5.91 Å². The number of carbonyl (C=O) groups excluding carboxylic acids is 1. The van der Waals surface area contributed by atoms with Crippen LogP contribution in [-0.2, 0) is 0 Å². The number of ether oxygens (including phenoxy) is 1. The predicted octanol–water partition coefficient (Wildman–Crippen LogP) is 4.98. The average Bonchev–Trinajstić information content (AvgIpc) is 3.33. The van der Waals surface area contributed by atoms with Crippen molar-refractivity contribution < 1.29 is 9.53 Å². The first kappa shape index (κ1) is 20.0. The van der Waals surface area contributed by atoms with Gasteiger partial charge in [0.05, 0.1) is 19.2 Å². The summed E-state index contributed by atoms with van der Waals surface area (Å²) in [7, 11) is 1.65. The maximum atomic E-state index is 13.8. The summed E-state index contributed by atoms with van der Waals surface area (Å²) in [6.45, 7) is 1.99. The van der Waals surface area contributed by atoms with Crippen molar-refractivity contribution in [3.05, 3.63) is 107 Å². The van der Waals surface area contributed by atoms with Gasteiger partial charge in [-0.25, -0.2) is 4.68 Å². The number of amides is 1.